The van der Waals surface area contributed by atoms with Crippen molar-refractivity contribution in [2.45, 2.75) is 62.1 Å². The fraction of sp³-hybridized carbons (Fsp3) is 0.515. The molecule has 2 aliphatic rings. The zero-order valence-corrected chi connectivity index (χ0v) is 27.4. The zero-order chi connectivity index (χ0) is 31.5. The van der Waals surface area contributed by atoms with Gasteiger partial charge in [-0.1, -0.05) is 30.3 Å². The number of likely N-dealkylation sites (tertiary alicyclic amines) is 1. The van der Waals surface area contributed by atoms with Crippen molar-refractivity contribution < 1.29 is 17.9 Å². The first-order chi connectivity index (χ1) is 21.0. The maximum atomic E-state index is 13.3. The van der Waals surface area contributed by atoms with Crippen molar-refractivity contribution in [3.8, 4) is 11.6 Å². The second kappa shape index (κ2) is 13.5. The second-order valence-electron chi connectivity index (χ2n) is 12.3. The topological polar surface area (TPSA) is 114 Å². The van der Waals surface area contributed by atoms with Crippen LogP contribution in [-0.4, -0.2) is 92.5 Å². The van der Waals surface area contributed by atoms with Crippen molar-refractivity contribution in [1.82, 2.24) is 24.1 Å². The third-order valence-electron chi connectivity index (χ3n) is 9.19. The number of piperidine rings is 1. The first kappa shape index (κ1) is 32.3. The minimum atomic E-state index is -3.64. The molecule has 11 heteroatoms. The minimum absolute atomic E-state index is 0.0810. The molecule has 2 aromatic carbocycles. The molecule has 0 bridgehead atoms. The molecule has 2 fully saturated rings. The van der Waals surface area contributed by atoms with E-state index in [0.29, 0.717) is 33.5 Å². The average molecular weight is 623 g/mol. The number of hydrogen-bond acceptors (Lipinski definition) is 9. The van der Waals surface area contributed by atoms with Crippen LogP contribution in [0.15, 0.2) is 59.6 Å². The van der Waals surface area contributed by atoms with Crippen LogP contribution in [0.4, 0.5) is 0 Å². The number of ether oxygens (including phenoxy) is 2. The van der Waals surface area contributed by atoms with E-state index >= 15 is 0 Å². The Bertz CT molecular complexity index is 1500. The molecule has 0 spiro atoms. The Balaban J connectivity index is 1.09. The van der Waals surface area contributed by atoms with Gasteiger partial charge in [0.25, 0.3) is 0 Å². The average Bonchev–Trinajstić information content (AvgIpc) is 2.99. The third kappa shape index (κ3) is 6.77. The number of hydrogen-bond donors (Lipinski definition) is 1. The summed E-state index contributed by atoms with van der Waals surface area (Å²) in [4.78, 5) is 14.2. The van der Waals surface area contributed by atoms with Gasteiger partial charge in [0, 0.05) is 30.9 Å². The molecule has 10 nitrogen and oxygen atoms in total. The van der Waals surface area contributed by atoms with Gasteiger partial charge >= 0.3 is 0 Å². The van der Waals surface area contributed by atoms with Gasteiger partial charge < -0.3 is 20.1 Å². The second-order valence-corrected chi connectivity index (χ2v) is 14.2. The summed E-state index contributed by atoms with van der Waals surface area (Å²) >= 11 is 0. The molecular formula is C33H46N6O4S. The van der Waals surface area contributed by atoms with Crippen molar-refractivity contribution in [3.63, 3.8) is 0 Å². The van der Waals surface area contributed by atoms with Crippen molar-refractivity contribution in [1.29, 1.82) is 0 Å². The number of rotatable bonds is 12. The lowest BCUT2D eigenvalue weighted by atomic mass is 9.80. The molecule has 0 radical (unpaired) electrons. The number of aryl methyl sites for hydroxylation is 2. The van der Waals surface area contributed by atoms with Gasteiger partial charge in [-0.15, -0.1) is 0 Å². The molecule has 44 heavy (non-hydrogen) atoms. The highest BCUT2D eigenvalue weighted by molar-refractivity contribution is 7.89. The summed E-state index contributed by atoms with van der Waals surface area (Å²) in [6.07, 6.45) is 5.29. The Labute approximate surface area is 262 Å². The van der Waals surface area contributed by atoms with E-state index in [1.165, 1.54) is 9.87 Å². The predicted octanol–water partition coefficient (Wildman–Crippen LogP) is 3.89. The Morgan fingerprint density at radius 1 is 1.07 bits per heavy atom. The van der Waals surface area contributed by atoms with Crippen LogP contribution in [0.1, 0.15) is 54.2 Å². The van der Waals surface area contributed by atoms with Gasteiger partial charge in [-0.25, -0.2) is 13.4 Å². The van der Waals surface area contributed by atoms with Gasteiger partial charge in [-0.05, 0) is 89.0 Å². The molecular weight excluding hydrogens is 576 g/mol. The van der Waals surface area contributed by atoms with Crippen molar-refractivity contribution in [2.75, 3.05) is 53.9 Å². The van der Waals surface area contributed by atoms with Crippen molar-refractivity contribution in [3.05, 3.63) is 77.2 Å². The largest absolute Gasteiger partial charge is 0.497 e. The summed E-state index contributed by atoms with van der Waals surface area (Å²) in [5.74, 6) is 1.61. The summed E-state index contributed by atoms with van der Waals surface area (Å²) in [6.45, 7) is 7.18. The number of nitrogens with zero attached hydrogens (tertiary/aromatic N) is 5. The van der Waals surface area contributed by atoms with Crippen LogP contribution in [0, 0.1) is 13.8 Å². The number of sulfonamides is 1. The molecule has 238 valence electrons. The van der Waals surface area contributed by atoms with Gasteiger partial charge in [0.2, 0.25) is 15.9 Å². The quantitative estimate of drug-likeness (QED) is 0.321. The fourth-order valence-electron chi connectivity index (χ4n) is 6.56. The maximum absolute atomic E-state index is 13.3. The number of aromatic nitrogens is 2. The van der Waals surface area contributed by atoms with E-state index in [9.17, 15) is 8.42 Å². The predicted molar refractivity (Wildman–Crippen MR) is 171 cm³/mol. The molecule has 5 rings (SSSR count). The SMILES string of the molecule is COc1cc(C)c(S(=O)(=O)N2CC(Oc3ccnc(C(N)CCCN4CCC(c5ccccc5)(N(C)C)CC4)n3)C2)c(C)c1. The number of nitrogens with two attached hydrogens (primary N) is 1. The third-order valence-corrected chi connectivity index (χ3v) is 11.3. The van der Waals surface area contributed by atoms with Gasteiger partial charge in [0.15, 0.2) is 0 Å². The molecule has 1 atom stereocenters. The Hall–Kier alpha value is -3.09. The summed E-state index contributed by atoms with van der Waals surface area (Å²) in [6, 6.07) is 15.7. The van der Waals surface area contributed by atoms with Gasteiger partial charge in [-0.2, -0.15) is 9.29 Å². The minimum Gasteiger partial charge on any atom is -0.497 e. The number of methoxy groups -OCH3 is 1. The summed E-state index contributed by atoms with van der Waals surface area (Å²) in [5, 5.41) is 0. The highest BCUT2D eigenvalue weighted by Crippen LogP contribution is 2.37. The van der Waals surface area contributed by atoms with Gasteiger partial charge in [-0.3, -0.25) is 4.90 Å². The molecule has 2 aliphatic heterocycles. The van der Waals surface area contributed by atoms with Crippen LogP contribution >= 0.6 is 0 Å². The Kier molecular flexibility index (Phi) is 9.91. The van der Waals surface area contributed by atoms with E-state index in [1.54, 1.807) is 45.4 Å². The van der Waals surface area contributed by atoms with E-state index < -0.39 is 10.0 Å². The van der Waals surface area contributed by atoms with Crippen LogP contribution in [0.25, 0.3) is 0 Å². The Morgan fingerprint density at radius 2 is 1.73 bits per heavy atom. The van der Waals surface area contributed by atoms with Crippen LogP contribution in [0.2, 0.25) is 0 Å². The molecule has 2 saturated heterocycles. The smallest absolute Gasteiger partial charge is 0.243 e. The molecule has 1 aromatic heterocycles. The lowest BCUT2D eigenvalue weighted by Gasteiger charge is -2.46. The van der Waals surface area contributed by atoms with Crippen LogP contribution in [0.3, 0.4) is 0 Å². The van der Waals surface area contributed by atoms with Crippen molar-refractivity contribution in [2.24, 2.45) is 5.73 Å². The van der Waals surface area contributed by atoms with Crippen LogP contribution < -0.4 is 15.2 Å². The molecule has 0 amide bonds. The maximum Gasteiger partial charge on any atom is 0.243 e. The molecule has 0 aliphatic carbocycles. The fourth-order valence-corrected chi connectivity index (χ4v) is 8.48. The normalized spacial score (nSPS) is 18.6. The standard InChI is InChI=1S/C33H46N6O4S/c1-24-20-27(42-5)21-25(2)31(24)44(40,41)39-22-28(23-39)43-30-13-16-35-32(36-30)29(34)12-9-17-38-18-14-33(15-19-38,37(3)4)26-10-7-6-8-11-26/h6-8,10-11,13,16,20-21,28-29H,9,12,14-15,17-19,22-23,34H2,1-5H3. The first-order valence-corrected chi connectivity index (χ1v) is 16.8. The van der Waals surface area contributed by atoms with Gasteiger partial charge in [0.05, 0.1) is 31.1 Å². The lowest BCUT2D eigenvalue weighted by molar-refractivity contribution is 0.0530. The van der Waals surface area contributed by atoms with E-state index in [4.69, 9.17) is 15.2 Å². The Morgan fingerprint density at radius 3 is 2.34 bits per heavy atom. The first-order valence-electron chi connectivity index (χ1n) is 15.4. The summed E-state index contributed by atoms with van der Waals surface area (Å²) in [5.41, 5.74) is 9.30. The number of benzene rings is 2. The highest BCUT2D eigenvalue weighted by Gasteiger charge is 2.40. The van der Waals surface area contributed by atoms with Crippen LogP contribution in [0.5, 0.6) is 11.6 Å². The van der Waals surface area contributed by atoms with E-state index in [0.717, 1.165) is 45.3 Å². The van der Waals surface area contributed by atoms with E-state index in [2.05, 4.69) is 64.2 Å². The molecule has 1 unspecified atom stereocenters. The summed E-state index contributed by atoms with van der Waals surface area (Å²) < 4.78 is 39.4. The van der Waals surface area contributed by atoms with Gasteiger partial charge in [0.1, 0.15) is 17.7 Å². The van der Waals surface area contributed by atoms with E-state index in [1.807, 2.05) is 0 Å². The molecule has 3 heterocycles. The van der Waals surface area contributed by atoms with Crippen molar-refractivity contribution >= 4 is 10.0 Å². The highest BCUT2D eigenvalue weighted by atomic mass is 32.2. The monoisotopic (exact) mass is 622 g/mol. The van der Waals surface area contributed by atoms with E-state index in [-0.39, 0.29) is 30.8 Å². The van der Waals surface area contributed by atoms with Crippen LogP contribution in [-0.2, 0) is 15.6 Å². The molecule has 2 N–H and O–H groups in total. The lowest BCUT2D eigenvalue weighted by Crippen LogP contribution is -2.56. The molecule has 3 aromatic rings. The molecule has 0 saturated carbocycles. The summed E-state index contributed by atoms with van der Waals surface area (Å²) in [7, 11) is 2.30. The zero-order valence-electron chi connectivity index (χ0n) is 26.6.